The molecule has 0 radical (unpaired) electrons. The molecule has 6 heteroatoms. The summed E-state index contributed by atoms with van der Waals surface area (Å²) in [4.78, 5) is 24.6. The van der Waals surface area contributed by atoms with Crippen molar-refractivity contribution in [1.29, 1.82) is 5.26 Å². The van der Waals surface area contributed by atoms with E-state index >= 15 is 0 Å². The number of amides is 1. The van der Waals surface area contributed by atoms with Gasteiger partial charge in [0.15, 0.2) is 0 Å². The topological polar surface area (TPSA) is 88.4 Å². The number of ether oxygens (including phenoxy) is 2. The second-order valence-electron chi connectivity index (χ2n) is 6.61. The highest BCUT2D eigenvalue weighted by Crippen LogP contribution is 2.17. The minimum atomic E-state index is -0.555. The van der Waals surface area contributed by atoms with Gasteiger partial charge in [-0.1, -0.05) is 38.5 Å². The SMILES string of the molecule is CCCCOC(=O)c1cccc(NC(=O)/C(C#N)=C/c2ccc(OCCC)cc2)c1. The molecule has 2 rings (SSSR count). The summed E-state index contributed by atoms with van der Waals surface area (Å²) in [6.45, 7) is 5.03. The summed E-state index contributed by atoms with van der Waals surface area (Å²) in [6.07, 6.45) is 4.14. The fourth-order valence-corrected chi connectivity index (χ4v) is 2.51. The van der Waals surface area contributed by atoms with Crippen molar-refractivity contribution in [3.05, 3.63) is 65.2 Å². The van der Waals surface area contributed by atoms with Gasteiger partial charge in [-0.3, -0.25) is 4.79 Å². The third-order valence-electron chi connectivity index (χ3n) is 4.12. The largest absolute Gasteiger partial charge is 0.494 e. The summed E-state index contributed by atoms with van der Waals surface area (Å²) in [5.41, 5.74) is 1.41. The van der Waals surface area contributed by atoms with Gasteiger partial charge in [-0.25, -0.2) is 4.79 Å². The van der Waals surface area contributed by atoms with Crippen LogP contribution in [0.2, 0.25) is 0 Å². The Morgan fingerprint density at radius 3 is 2.50 bits per heavy atom. The minimum absolute atomic E-state index is 0.0480. The molecule has 0 spiro atoms. The van der Waals surface area contributed by atoms with Crippen molar-refractivity contribution in [3.63, 3.8) is 0 Å². The first kappa shape index (κ1) is 22.7. The fraction of sp³-hybridized carbons (Fsp3) is 0.292. The van der Waals surface area contributed by atoms with Crippen molar-refractivity contribution < 1.29 is 19.1 Å². The lowest BCUT2D eigenvalue weighted by atomic mass is 10.1. The molecule has 156 valence electrons. The third kappa shape index (κ3) is 7.10. The molecule has 2 aromatic rings. The Balaban J connectivity index is 2.06. The van der Waals surface area contributed by atoms with Crippen LogP contribution in [0.15, 0.2) is 54.1 Å². The Bertz CT molecular complexity index is 927. The summed E-state index contributed by atoms with van der Waals surface area (Å²) in [7, 11) is 0. The van der Waals surface area contributed by atoms with Crippen LogP contribution in [-0.4, -0.2) is 25.1 Å². The number of hydrogen-bond donors (Lipinski definition) is 1. The minimum Gasteiger partial charge on any atom is -0.494 e. The van der Waals surface area contributed by atoms with E-state index < -0.39 is 11.9 Å². The highest BCUT2D eigenvalue weighted by molar-refractivity contribution is 6.10. The molecule has 0 aromatic heterocycles. The zero-order chi connectivity index (χ0) is 21.8. The van der Waals surface area contributed by atoms with E-state index in [1.165, 1.54) is 12.1 Å². The van der Waals surface area contributed by atoms with Crippen LogP contribution in [0.1, 0.15) is 49.0 Å². The summed E-state index contributed by atoms with van der Waals surface area (Å²) in [6, 6.07) is 15.5. The van der Waals surface area contributed by atoms with Crippen LogP contribution in [0.5, 0.6) is 5.75 Å². The van der Waals surface area contributed by atoms with E-state index in [0.717, 1.165) is 25.0 Å². The average Bonchev–Trinajstić information content (AvgIpc) is 2.77. The van der Waals surface area contributed by atoms with E-state index in [0.29, 0.717) is 30.0 Å². The normalized spacial score (nSPS) is 10.8. The summed E-state index contributed by atoms with van der Waals surface area (Å²) in [5.74, 6) is -0.263. The first-order chi connectivity index (χ1) is 14.6. The van der Waals surface area contributed by atoms with Gasteiger partial charge in [0.25, 0.3) is 5.91 Å². The third-order valence-corrected chi connectivity index (χ3v) is 4.12. The van der Waals surface area contributed by atoms with Crippen molar-refractivity contribution in [2.45, 2.75) is 33.1 Å². The lowest BCUT2D eigenvalue weighted by Gasteiger charge is -2.08. The molecule has 6 nitrogen and oxygen atoms in total. The number of rotatable bonds is 10. The monoisotopic (exact) mass is 406 g/mol. The molecule has 0 unspecified atom stereocenters. The molecule has 0 atom stereocenters. The Morgan fingerprint density at radius 1 is 1.07 bits per heavy atom. The summed E-state index contributed by atoms with van der Waals surface area (Å²) in [5, 5.41) is 12.0. The van der Waals surface area contributed by atoms with Gasteiger partial charge in [0.1, 0.15) is 17.4 Å². The van der Waals surface area contributed by atoms with Crippen molar-refractivity contribution in [2.24, 2.45) is 0 Å². The van der Waals surface area contributed by atoms with Gasteiger partial charge >= 0.3 is 5.97 Å². The van der Waals surface area contributed by atoms with Crippen LogP contribution in [0.25, 0.3) is 6.08 Å². The molecule has 0 saturated carbocycles. The summed E-state index contributed by atoms with van der Waals surface area (Å²) >= 11 is 0. The number of nitrogens with one attached hydrogen (secondary N) is 1. The molecule has 0 aliphatic carbocycles. The Kier molecular flexibility index (Phi) is 9.14. The summed E-state index contributed by atoms with van der Waals surface area (Å²) < 4.78 is 10.7. The quantitative estimate of drug-likeness (QED) is 0.260. The number of unbranched alkanes of at least 4 members (excludes halogenated alkanes) is 1. The van der Waals surface area contributed by atoms with E-state index in [2.05, 4.69) is 5.32 Å². The number of esters is 1. The number of nitriles is 1. The highest BCUT2D eigenvalue weighted by Gasteiger charge is 2.12. The number of benzene rings is 2. The van der Waals surface area contributed by atoms with Crippen LogP contribution in [0, 0.1) is 11.3 Å². The Labute approximate surface area is 177 Å². The smallest absolute Gasteiger partial charge is 0.338 e. The molecule has 30 heavy (non-hydrogen) atoms. The number of anilines is 1. The first-order valence-corrected chi connectivity index (χ1v) is 10.0. The predicted octanol–water partition coefficient (Wildman–Crippen LogP) is 4.98. The van der Waals surface area contributed by atoms with Gasteiger partial charge in [0.05, 0.1) is 18.8 Å². The van der Waals surface area contributed by atoms with Gasteiger partial charge in [-0.15, -0.1) is 0 Å². The second-order valence-corrected chi connectivity index (χ2v) is 6.61. The van der Waals surface area contributed by atoms with Crippen LogP contribution in [0.3, 0.4) is 0 Å². The van der Waals surface area contributed by atoms with Crippen molar-refractivity contribution in [1.82, 2.24) is 0 Å². The van der Waals surface area contributed by atoms with E-state index in [-0.39, 0.29) is 5.57 Å². The molecule has 1 N–H and O–H groups in total. The first-order valence-electron chi connectivity index (χ1n) is 10.0. The van der Waals surface area contributed by atoms with Gasteiger partial charge < -0.3 is 14.8 Å². The van der Waals surface area contributed by atoms with Crippen molar-refractivity contribution in [3.8, 4) is 11.8 Å². The lowest BCUT2D eigenvalue weighted by Crippen LogP contribution is -2.14. The van der Waals surface area contributed by atoms with Crippen LogP contribution < -0.4 is 10.1 Å². The molecule has 0 fully saturated rings. The van der Waals surface area contributed by atoms with Gasteiger partial charge in [-0.05, 0) is 54.8 Å². The zero-order valence-electron chi connectivity index (χ0n) is 17.3. The lowest BCUT2D eigenvalue weighted by molar-refractivity contribution is -0.112. The molecular weight excluding hydrogens is 380 g/mol. The van der Waals surface area contributed by atoms with Gasteiger partial charge in [-0.2, -0.15) is 5.26 Å². The van der Waals surface area contributed by atoms with E-state index in [1.807, 2.05) is 19.9 Å². The van der Waals surface area contributed by atoms with E-state index in [4.69, 9.17) is 9.47 Å². The second kappa shape index (κ2) is 12.1. The molecular formula is C24H26N2O4. The van der Waals surface area contributed by atoms with E-state index in [1.54, 1.807) is 42.5 Å². The zero-order valence-corrected chi connectivity index (χ0v) is 17.3. The van der Waals surface area contributed by atoms with E-state index in [9.17, 15) is 14.9 Å². The molecule has 0 bridgehead atoms. The predicted molar refractivity (Wildman–Crippen MR) is 116 cm³/mol. The maximum Gasteiger partial charge on any atom is 0.338 e. The maximum atomic E-state index is 12.5. The molecule has 2 aromatic carbocycles. The van der Waals surface area contributed by atoms with Crippen LogP contribution in [-0.2, 0) is 9.53 Å². The van der Waals surface area contributed by atoms with Crippen LogP contribution >= 0.6 is 0 Å². The number of carbonyl (C=O) groups is 2. The van der Waals surface area contributed by atoms with Crippen LogP contribution in [0.4, 0.5) is 5.69 Å². The number of carbonyl (C=O) groups excluding carboxylic acids is 2. The van der Waals surface area contributed by atoms with Crippen molar-refractivity contribution >= 4 is 23.6 Å². The molecule has 0 saturated heterocycles. The average molecular weight is 406 g/mol. The standard InChI is InChI=1S/C24H26N2O4/c1-3-5-14-30-24(28)19-7-6-8-21(16-19)26-23(27)20(17-25)15-18-9-11-22(12-10-18)29-13-4-2/h6-12,15-16H,3-5,13-14H2,1-2H3,(H,26,27)/b20-15+. The van der Waals surface area contributed by atoms with Gasteiger partial charge in [0, 0.05) is 5.69 Å². The Morgan fingerprint density at radius 2 is 1.83 bits per heavy atom. The number of hydrogen-bond acceptors (Lipinski definition) is 5. The fourth-order valence-electron chi connectivity index (χ4n) is 2.51. The molecule has 0 heterocycles. The highest BCUT2D eigenvalue weighted by atomic mass is 16.5. The number of nitrogens with zero attached hydrogens (tertiary/aromatic N) is 1. The molecule has 1 amide bonds. The Hall–Kier alpha value is -3.59. The van der Waals surface area contributed by atoms with Crippen molar-refractivity contribution in [2.75, 3.05) is 18.5 Å². The maximum absolute atomic E-state index is 12.5. The molecule has 0 aliphatic rings. The molecule has 0 aliphatic heterocycles. The van der Waals surface area contributed by atoms with Gasteiger partial charge in [0.2, 0.25) is 0 Å².